The summed E-state index contributed by atoms with van der Waals surface area (Å²) < 4.78 is 7.12. The van der Waals surface area contributed by atoms with Gasteiger partial charge in [0.05, 0.1) is 29.5 Å². The molecule has 0 unspecified atom stereocenters. The van der Waals surface area contributed by atoms with Gasteiger partial charge in [-0.2, -0.15) is 10.4 Å². The lowest BCUT2D eigenvalue weighted by Crippen LogP contribution is -2.27. The summed E-state index contributed by atoms with van der Waals surface area (Å²) in [6, 6.07) is 9.43. The average molecular weight is 324 g/mol. The molecule has 1 aromatic carbocycles. The molecule has 0 N–H and O–H groups in total. The average Bonchev–Trinajstić information content (AvgIpc) is 3.23. The minimum absolute atomic E-state index is 0.0626. The molecule has 124 valence electrons. The molecule has 0 radical (unpaired) electrons. The third-order valence-corrected chi connectivity index (χ3v) is 4.23. The zero-order valence-electron chi connectivity index (χ0n) is 13.9. The van der Waals surface area contributed by atoms with Gasteiger partial charge in [0.1, 0.15) is 0 Å². The van der Waals surface area contributed by atoms with E-state index in [1.54, 1.807) is 35.0 Å². The molecule has 1 fully saturated rings. The number of amides is 1. The van der Waals surface area contributed by atoms with Crippen LogP contribution < -0.4 is 0 Å². The van der Waals surface area contributed by atoms with Gasteiger partial charge >= 0.3 is 0 Å². The first kappa shape index (κ1) is 16.2. The number of carbonyl (C=O) groups excluding carboxylic acids is 1. The van der Waals surface area contributed by atoms with Gasteiger partial charge in [-0.25, -0.2) is 0 Å². The van der Waals surface area contributed by atoms with E-state index < -0.39 is 0 Å². The third-order valence-electron chi connectivity index (χ3n) is 4.23. The number of carbonyl (C=O) groups is 1. The first-order chi connectivity index (χ1) is 11.6. The summed E-state index contributed by atoms with van der Waals surface area (Å²) in [5, 5.41) is 13.5. The van der Waals surface area contributed by atoms with Gasteiger partial charge in [-0.15, -0.1) is 0 Å². The van der Waals surface area contributed by atoms with Crippen LogP contribution in [0.2, 0.25) is 0 Å². The molecule has 1 aliphatic heterocycles. The standard InChI is InChI=1S/C18H20N4O2/c1-21(10-14-5-3-4-13(8-14)9-19)18(23)16-11-22(2)20-17(16)15-6-7-24-12-15/h3-5,8,11,15H,6-7,10,12H2,1-2H3/t15-/m1/s1. The van der Waals surface area contributed by atoms with E-state index in [0.29, 0.717) is 30.9 Å². The van der Waals surface area contributed by atoms with Crippen LogP contribution in [0.3, 0.4) is 0 Å². The number of benzene rings is 1. The van der Waals surface area contributed by atoms with Crippen LogP contribution in [0.4, 0.5) is 0 Å². The van der Waals surface area contributed by atoms with Crippen molar-refractivity contribution in [1.29, 1.82) is 5.26 Å². The molecule has 1 amide bonds. The summed E-state index contributed by atoms with van der Waals surface area (Å²) in [5.74, 6) is 0.118. The van der Waals surface area contributed by atoms with Crippen LogP contribution in [0.25, 0.3) is 0 Å². The maximum Gasteiger partial charge on any atom is 0.257 e. The van der Waals surface area contributed by atoms with Crippen molar-refractivity contribution in [3.05, 3.63) is 52.8 Å². The van der Waals surface area contributed by atoms with Gasteiger partial charge in [-0.3, -0.25) is 9.48 Å². The molecule has 24 heavy (non-hydrogen) atoms. The monoisotopic (exact) mass is 324 g/mol. The van der Waals surface area contributed by atoms with E-state index in [2.05, 4.69) is 11.2 Å². The minimum atomic E-state index is -0.0626. The van der Waals surface area contributed by atoms with E-state index in [1.807, 2.05) is 19.2 Å². The molecule has 2 heterocycles. The van der Waals surface area contributed by atoms with Crippen LogP contribution in [0.15, 0.2) is 30.5 Å². The summed E-state index contributed by atoms with van der Waals surface area (Å²) >= 11 is 0. The van der Waals surface area contributed by atoms with Crippen LogP contribution in [0.5, 0.6) is 0 Å². The summed E-state index contributed by atoms with van der Waals surface area (Å²) in [5.41, 5.74) is 2.97. The molecule has 1 atom stereocenters. The number of aromatic nitrogens is 2. The maximum atomic E-state index is 12.9. The lowest BCUT2D eigenvalue weighted by Gasteiger charge is -2.18. The lowest BCUT2D eigenvalue weighted by molar-refractivity contribution is 0.0783. The highest BCUT2D eigenvalue weighted by Crippen LogP contribution is 2.27. The van der Waals surface area contributed by atoms with Crippen molar-refractivity contribution in [1.82, 2.24) is 14.7 Å². The molecule has 0 saturated carbocycles. The van der Waals surface area contributed by atoms with Gasteiger partial charge in [0.2, 0.25) is 0 Å². The number of ether oxygens (including phenoxy) is 1. The second-order valence-corrected chi connectivity index (χ2v) is 6.14. The summed E-state index contributed by atoms with van der Waals surface area (Å²) in [4.78, 5) is 14.5. The van der Waals surface area contributed by atoms with Crippen molar-refractivity contribution >= 4 is 5.91 Å². The highest BCUT2D eigenvalue weighted by molar-refractivity contribution is 5.95. The van der Waals surface area contributed by atoms with Gasteiger partial charge in [-0.1, -0.05) is 12.1 Å². The Morgan fingerprint density at radius 1 is 1.54 bits per heavy atom. The Morgan fingerprint density at radius 2 is 2.38 bits per heavy atom. The molecule has 0 bridgehead atoms. The van der Waals surface area contributed by atoms with E-state index in [4.69, 9.17) is 10.00 Å². The Morgan fingerprint density at radius 3 is 3.08 bits per heavy atom. The van der Waals surface area contributed by atoms with Crippen molar-refractivity contribution < 1.29 is 9.53 Å². The van der Waals surface area contributed by atoms with Crippen molar-refractivity contribution in [2.75, 3.05) is 20.3 Å². The van der Waals surface area contributed by atoms with Crippen LogP contribution in [0, 0.1) is 11.3 Å². The molecular weight excluding hydrogens is 304 g/mol. The Hall–Kier alpha value is -2.65. The number of hydrogen-bond acceptors (Lipinski definition) is 4. The van der Waals surface area contributed by atoms with Gasteiger partial charge < -0.3 is 9.64 Å². The smallest absolute Gasteiger partial charge is 0.257 e. The molecule has 2 aromatic rings. The Balaban J connectivity index is 1.79. The van der Waals surface area contributed by atoms with Gasteiger partial charge in [0.15, 0.2) is 0 Å². The molecule has 3 rings (SSSR count). The number of aryl methyl sites for hydroxylation is 1. The van der Waals surface area contributed by atoms with Crippen LogP contribution in [-0.2, 0) is 18.3 Å². The lowest BCUT2D eigenvalue weighted by atomic mass is 10.0. The normalized spacial score (nSPS) is 16.8. The van der Waals surface area contributed by atoms with Gasteiger partial charge in [0, 0.05) is 39.4 Å². The SMILES string of the molecule is CN(Cc1cccc(C#N)c1)C(=O)c1cn(C)nc1[C@@H]1CCOC1. The molecule has 1 saturated heterocycles. The first-order valence-electron chi connectivity index (χ1n) is 7.94. The summed E-state index contributed by atoms with van der Waals surface area (Å²) in [6.07, 6.45) is 2.67. The molecule has 0 aliphatic carbocycles. The zero-order chi connectivity index (χ0) is 17.1. The first-order valence-corrected chi connectivity index (χ1v) is 7.94. The quantitative estimate of drug-likeness (QED) is 0.863. The van der Waals surface area contributed by atoms with Gasteiger partial charge in [-0.05, 0) is 24.1 Å². The van der Waals surface area contributed by atoms with Crippen LogP contribution in [-0.4, -0.2) is 40.8 Å². The van der Waals surface area contributed by atoms with E-state index in [0.717, 1.165) is 17.7 Å². The highest BCUT2D eigenvalue weighted by Gasteiger charge is 2.28. The predicted molar refractivity (Wildman–Crippen MR) is 88.3 cm³/mol. The predicted octanol–water partition coefficient (Wildman–Crippen LogP) is 2.07. The third kappa shape index (κ3) is 3.31. The topological polar surface area (TPSA) is 71.2 Å². The van der Waals surface area contributed by atoms with Crippen LogP contribution >= 0.6 is 0 Å². The fourth-order valence-electron chi connectivity index (χ4n) is 3.01. The fraction of sp³-hybridized carbons (Fsp3) is 0.389. The van der Waals surface area contributed by atoms with E-state index in [9.17, 15) is 4.79 Å². The van der Waals surface area contributed by atoms with Crippen molar-refractivity contribution in [2.24, 2.45) is 7.05 Å². The van der Waals surface area contributed by atoms with Gasteiger partial charge in [0.25, 0.3) is 5.91 Å². The fourth-order valence-corrected chi connectivity index (χ4v) is 3.01. The second kappa shape index (κ2) is 6.85. The molecule has 6 nitrogen and oxygen atoms in total. The molecule has 6 heteroatoms. The number of nitriles is 1. The Bertz CT molecular complexity index is 785. The molecule has 0 spiro atoms. The van der Waals surface area contributed by atoms with Crippen molar-refractivity contribution in [3.8, 4) is 6.07 Å². The largest absolute Gasteiger partial charge is 0.381 e. The van der Waals surface area contributed by atoms with E-state index in [-0.39, 0.29) is 11.8 Å². The number of nitrogens with zero attached hydrogens (tertiary/aromatic N) is 4. The maximum absolute atomic E-state index is 12.9. The zero-order valence-corrected chi connectivity index (χ0v) is 13.9. The number of rotatable bonds is 4. The van der Waals surface area contributed by atoms with E-state index >= 15 is 0 Å². The minimum Gasteiger partial charge on any atom is -0.381 e. The molecular formula is C18H20N4O2. The van der Waals surface area contributed by atoms with E-state index in [1.165, 1.54) is 0 Å². The second-order valence-electron chi connectivity index (χ2n) is 6.14. The highest BCUT2D eigenvalue weighted by atomic mass is 16.5. The molecule has 1 aliphatic rings. The van der Waals surface area contributed by atoms with Crippen LogP contribution in [0.1, 0.15) is 39.5 Å². The summed E-state index contributed by atoms with van der Waals surface area (Å²) in [6.45, 7) is 1.78. The Kier molecular flexibility index (Phi) is 4.63. The van der Waals surface area contributed by atoms with Crippen molar-refractivity contribution in [3.63, 3.8) is 0 Å². The molecule has 1 aromatic heterocycles. The summed E-state index contributed by atoms with van der Waals surface area (Å²) in [7, 11) is 3.59. The number of hydrogen-bond donors (Lipinski definition) is 0. The van der Waals surface area contributed by atoms with Crippen molar-refractivity contribution in [2.45, 2.75) is 18.9 Å². The Labute approximate surface area is 141 Å².